The maximum Gasteiger partial charge on any atom is 0.257 e. The Labute approximate surface area is 152 Å². The first-order valence-electron chi connectivity index (χ1n) is 7.64. The maximum atomic E-state index is 12.3. The molecule has 0 aliphatic carbocycles. The Morgan fingerprint density at radius 3 is 2.32 bits per heavy atom. The fourth-order valence-electron chi connectivity index (χ4n) is 2.11. The van der Waals surface area contributed by atoms with Crippen LogP contribution in [0.4, 0.5) is 5.69 Å². The highest BCUT2D eigenvalue weighted by Gasteiger charge is 2.11. The Kier molecular flexibility index (Phi) is 6.59. The summed E-state index contributed by atoms with van der Waals surface area (Å²) in [5.74, 6) is 1.62. The zero-order chi connectivity index (χ0) is 18.2. The van der Waals surface area contributed by atoms with Crippen molar-refractivity contribution in [1.82, 2.24) is 5.32 Å². The Morgan fingerprint density at radius 2 is 1.72 bits per heavy atom. The van der Waals surface area contributed by atoms with Gasteiger partial charge in [-0.15, -0.1) is 0 Å². The van der Waals surface area contributed by atoms with E-state index in [2.05, 4.69) is 10.6 Å². The smallest absolute Gasteiger partial charge is 0.257 e. The van der Waals surface area contributed by atoms with E-state index in [0.717, 1.165) is 0 Å². The Hall–Kier alpha value is -2.80. The summed E-state index contributed by atoms with van der Waals surface area (Å²) in [4.78, 5) is 12.3. The van der Waals surface area contributed by atoms with Crippen LogP contribution in [0, 0.1) is 0 Å². The van der Waals surface area contributed by atoms with E-state index in [9.17, 15) is 4.79 Å². The number of nitrogens with one attached hydrogen (secondary N) is 2. The number of methoxy groups -OCH3 is 2. The third-order valence-corrected chi connectivity index (χ3v) is 3.51. The molecule has 0 fully saturated rings. The molecule has 0 aliphatic heterocycles. The van der Waals surface area contributed by atoms with Gasteiger partial charge in [0.2, 0.25) is 0 Å². The lowest BCUT2D eigenvalue weighted by atomic mass is 10.2. The molecule has 2 rings (SSSR count). The Balaban J connectivity index is 2.03. The molecular weight excluding hydrogens is 340 g/mol. The van der Waals surface area contributed by atoms with Gasteiger partial charge < -0.3 is 19.5 Å². The van der Waals surface area contributed by atoms with Crippen molar-refractivity contribution in [2.75, 3.05) is 26.1 Å². The second-order valence-corrected chi connectivity index (χ2v) is 5.34. The van der Waals surface area contributed by atoms with Crippen LogP contribution in [-0.2, 0) is 0 Å². The van der Waals surface area contributed by atoms with Gasteiger partial charge in [0, 0.05) is 11.6 Å². The van der Waals surface area contributed by atoms with Crippen molar-refractivity contribution in [3.63, 3.8) is 0 Å². The zero-order valence-electron chi connectivity index (χ0n) is 14.3. The van der Waals surface area contributed by atoms with E-state index >= 15 is 0 Å². The van der Waals surface area contributed by atoms with E-state index < -0.39 is 0 Å². The largest absolute Gasteiger partial charge is 0.497 e. The minimum atomic E-state index is -0.317. The van der Waals surface area contributed by atoms with Gasteiger partial charge >= 0.3 is 0 Å². The predicted molar refractivity (Wildman–Crippen MR) is 101 cm³/mol. The van der Waals surface area contributed by atoms with Crippen LogP contribution in [0.2, 0.25) is 0 Å². The molecule has 25 heavy (non-hydrogen) atoms. The quantitative estimate of drug-likeness (QED) is 0.771. The van der Waals surface area contributed by atoms with Gasteiger partial charge in [-0.1, -0.05) is 0 Å². The minimum absolute atomic E-state index is 0.158. The van der Waals surface area contributed by atoms with Crippen molar-refractivity contribution >= 4 is 28.9 Å². The van der Waals surface area contributed by atoms with Crippen molar-refractivity contribution in [3.8, 4) is 17.2 Å². The number of carbonyl (C=O) groups excluding carboxylic acids is 1. The molecule has 0 heterocycles. The molecule has 0 saturated carbocycles. The molecule has 0 atom stereocenters. The van der Waals surface area contributed by atoms with Gasteiger partial charge in [0.1, 0.15) is 17.2 Å². The number of hydrogen-bond acceptors (Lipinski definition) is 5. The van der Waals surface area contributed by atoms with Crippen LogP contribution >= 0.6 is 12.2 Å². The van der Waals surface area contributed by atoms with Crippen molar-refractivity contribution in [2.24, 2.45) is 0 Å². The van der Waals surface area contributed by atoms with Crippen LogP contribution in [-0.4, -0.2) is 31.8 Å². The molecule has 0 spiro atoms. The standard InChI is InChI=1S/C18H20N2O4S/c1-4-24-13-7-5-12(6-8-13)17(21)20-18(25)19-15-11-14(22-2)9-10-16(15)23-3/h5-11H,4H2,1-3H3,(H2,19,20,21,25). The van der Waals surface area contributed by atoms with E-state index in [0.29, 0.717) is 35.1 Å². The maximum absolute atomic E-state index is 12.3. The summed E-state index contributed by atoms with van der Waals surface area (Å²) in [5, 5.41) is 5.73. The van der Waals surface area contributed by atoms with Crippen molar-refractivity contribution < 1.29 is 19.0 Å². The van der Waals surface area contributed by atoms with Gasteiger partial charge in [-0.2, -0.15) is 0 Å². The van der Waals surface area contributed by atoms with Crippen LogP contribution < -0.4 is 24.8 Å². The highest BCUT2D eigenvalue weighted by molar-refractivity contribution is 7.80. The monoisotopic (exact) mass is 360 g/mol. The number of benzene rings is 2. The molecule has 0 radical (unpaired) electrons. The summed E-state index contributed by atoms with van der Waals surface area (Å²) < 4.78 is 15.8. The highest BCUT2D eigenvalue weighted by Crippen LogP contribution is 2.28. The Bertz CT molecular complexity index is 747. The molecule has 2 aromatic rings. The van der Waals surface area contributed by atoms with Gasteiger partial charge in [-0.05, 0) is 55.5 Å². The highest BCUT2D eigenvalue weighted by atomic mass is 32.1. The number of ether oxygens (including phenoxy) is 3. The van der Waals surface area contributed by atoms with Crippen LogP contribution in [0.25, 0.3) is 0 Å². The average Bonchev–Trinajstić information content (AvgIpc) is 2.62. The number of hydrogen-bond donors (Lipinski definition) is 2. The summed E-state index contributed by atoms with van der Waals surface area (Å²) in [6.07, 6.45) is 0. The number of rotatable bonds is 6. The van der Waals surface area contributed by atoms with Crippen LogP contribution in [0.3, 0.4) is 0 Å². The number of amides is 1. The molecule has 0 unspecified atom stereocenters. The molecule has 1 amide bonds. The molecule has 0 bridgehead atoms. The van der Waals surface area contributed by atoms with Crippen LogP contribution in [0.15, 0.2) is 42.5 Å². The fraction of sp³-hybridized carbons (Fsp3) is 0.222. The number of thiocarbonyl (C=S) groups is 1. The summed E-state index contributed by atoms with van der Waals surface area (Å²) in [7, 11) is 3.12. The van der Waals surface area contributed by atoms with Gasteiger partial charge in [0.05, 0.1) is 26.5 Å². The van der Waals surface area contributed by atoms with Gasteiger partial charge in [0.25, 0.3) is 5.91 Å². The molecule has 0 aliphatic rings. The third-order valence-electron chi connectivity index (χ3n) is 3.31. The van der Waals surface area contributed by atoms with Gasteiger partial charge in [0.15, 0.2) is 5.11 Å². The second kappa shape index (κ2) is 8.89. The van der Waals surface area contributed by atoms with Crippen molar-refractivity contribution in [3.05, 3.63) is 48.0 Å². The average molecular weight is 360 g/mol. The first kappa shape index (κ1) is 18.5. The second-order valence-electron chi connectivity index (χ2n) is 4.93. The number of carbonyl (C=O) groups is 1. The lowest BCUT2D eigenvalue weighted by Crippen LogP contribution is -2.34. The van der Waals surface area contributed by atoms with Crippen molar-refractivity contribution in [2.45, 2.75) is 6.92 Å². The van der Waals surface area contributed by atoms with E-state index in [1.165, 1.54) is 0 Å². The van der Waals surface area contributed by atoms with Gasteiger partial charge in [-0.25, -0.2) is 0 Å². The van der Waals surface area contributed by atoms with Crippen molar-refractivity contribution in [1.29, 1.82) is 0 Å². The van der Waals surface area contributed by atoms with Crippen LogP contribution in [0.1, 0.15) is 17.3 Å². The molecule has 7 heteroatoms. The lowest BCUT2D eigenvalue weighted by molar-refractivity contribution is 0.0977. The molecule has 132 valence electrons. The van der Waals surface area contributed by atoms with Gasteiger partial charge in [-0.3, -0.25) is 10.1 Å². The molecule has 0 aromatic heterocycles. The van der Waals surface area contributed by atoms with E-state index in [4.69, 9.17) is 26.4 Å². The predicted octanol–water partition coefficient (Wildman–Crippen LogP) is 3.23. The minimum Gasteiger partial charge on any atom is -0.497 e. The molecule has 2 N–H and O–H groups in total. The van der Waals surface area contributed by atoms with E-state index in [-0.39, 0.29) is 11.0 Å². The van der Waals surface area contributed by atoms with E-state index in [1.54, 1.807) is 56.7 Å². The fourth-order valence-corrected chi connectivity index (χ4v) is 2.31. The summed E-state index contributed by atoms with van der Waals surface area (Å²) in [6.45, 7) is 2.47. The normalized spacial score (nSPS) is 9.88. The summed E-state index contributed by atoms with van der Waals surface area (Å²) in [6, 6.07) is 12.1. The Morgan fingerprint density at radius 1 is 1.04 bits per heavy atom. The summed E-state index contributed by atoms with van der Waals surface area (Å²) in [5.41, 5.74) is 1.07. The van der Waals surface area contributed by atoms with Crippen LogP contribution in [0.5, 0.6) is 17.2 Å². The molecule has 2 aromatic carbocycles. The number of anilines is 1. The zero-order valence-corrected chi connectivity index (χ0v) is 15.1. The molecule has 6 nitrogen and oxygen atoms in total. The SMILES string of the molecule is CCOc1ccc(C(=O)NC(=S)Nc2cc(OC)ccc2OC)cc1. The van der Waals surface area contributed by atoms with E-state index in [1.807, 2.05) is 6.92 Å². The molecular formula is C18H20N2O4S. The third kappa shape index (κ3) is 5.09. The topological polar surface area (TPSA) is 68.8 Å². The summed E-state index contributed by atoms with van der Waals surface area (Å²) >= 11 is 5.20. The first-order chi connectivity index (χ1) is 12.1. The first-order valence-corrected chi connectivity index (χ1v) is 8.05. The molecule has 0 saturated heterocycles. The lowest BCUT2D eigenvalue weighted by Gasteiger charge is -2.14.